The SMILES string of the molecule is CN1C(=O)Cc2cc(NC(=O)CCCN3C(=O)c4ccccc4C3=O)ccc21. The fraction of sp³-hybridized carbons (Fsp3) is 0.238. The first-order valence-electron chi connectivity index (χ1n) is 9.10. The molecular weight excluding hydrogens is 358 g/mol. The van der Waals surface area contributed by atoms with E-state index in [0.717, 1.165) is 11.3 Å². The van der Waals surface area contributed by atoms with Crippen molar-refractivity contribution in [3.63, 3.8) is 0 Å². The van der Waals surface area contributed by atoms with Crippen molar-refractivity contribution in [2.45, 2.75) is 19.3 Å². The van der Waals surface area contributed by atoms with Gasteiger partial charge in [0.1, 0.15) is 0 Å². The molecule has 2 aromatic carbocycles. The predicted octanol–water partition coefficient (Wildman–Crippen LogP) is 2.22. The summed E-state index contributed by atoms with van der Waals surface area (Å²) in [5, 5.41) is 2.81. The van der Waals surface area contributed by atoms with Crippen LogP contribution in [-0.4, -0.2) is 42.1 Å². The number of carbonyl (C=O) groups is 4. The maximum Gasteiger partial charge on any atom is 0.261 e. The zero-order valence-corrected chi connectivity index (χ0v) is 15.4. The zero-order chi connectivity index (χ0) is 19.8. The summed E-state index contributed by atoms with van der Waals surface area (Å²) in [6.45, 7) is 0.198. The fourth-order valence-electron chi connectivity index (χ4n) is 3.61. The summed E-state index contributed by atoms with van der Waals surface area (Å²) < 4.78 is 0. The summed E-state index contributed by atoms with van der Waals surface area (Å²) in [5.74, 6) is -0.796. The summed E-state index contributed by atoms with van der Waals surface area (Å²) in [4.78, 5) is 51.4. The first-order valence-corrected chi connectivity index (χ1v) is 9.10. The maximum absolute atomic E-state index is 12.3. The number of anilines is 2. The van der Waals surface area contributed by atoms with Gasteiger partial charge in [-0.15, -0.1) is 0 Å². The highest BCUT2D eigenvalue weighted by molar-refractivity contribution is 6.21. The van der Waals surface area contributed by atoms with Gasteiger partial charge >= 0.3 is 0 Å². The lowest BCUT2D eigenvalue weighted by molar-refractivity contribution is -0.117. The molecule has 0 aliphatic carbocycles. The number of fused-ring (bicyclic) bond motifs is 2. The number of hydrogen-bond donors (Lipinski definition) is 1. The van der Waals surface area contributed by atoms with E-state index in [4.69, 9.17) is 0 Å². The molecule has 2 aliphatic heterocycles. The third-order valence-electron chi connectivity index (χ3n) is 5.10. The van der Waals surface area contributed by atoms with Gasteiger partial charge in [-0.1, -0.05) is 12.1 Å². The minimum Gasteiger partial charge on any atom is -0.326 e. The van der Waals surface area contributed by atoms with Gasteiger partial charge in [0.2, 0.25) is 11.8 Å². The second kappa shape index (κ2) is 6.92. The molecule has 142 valence electrons. The third-order valence-corrected chi connectivity index (χ3v) is 5.10. The van der Waals surface area contributed by atoms with Gasteiger partial charge in [0.25, 0.3) is 11.8 Å². The van der Waals surface area contributed by atoms with Crippen LogP contribution in [0.15, 0.2) is 42.5 Å². The van der Waals surface area contributed by atoms with Crippen LogP contribution in [0.1, 0.15) is 39.1 Å². The van der Waals surface area contributed by atoms with Gasteiger partial charge in [-0.3, -0.25) is 24.1 Å². The molecule has 0 radical (unpaired) electrons. The standard InChI is InChI=1S/C21H19N3O4/c1-23-17-9-8-14(11-13(17)12-19(23)26)22-18(25)7-4-10-24-20(27)15-5-2-3-6-16(15)21(24)28/h2-3,5-6,8-9,11H,4,7,10,12H2,1H3,(H,22,25). The van der Waals surface area contributed by atoms with Crippen LogP contribution in [0.3, 0.4) is 0 Å². The maximum atomic E-state index is 12.3. The highest BCUT2D eigenvalue weighted by atomic mass is 16.2. The van der Waals surface area contributed by atoms with Gasteiger partial charge in [0.05, 0.1) is 17.5 Å². The molecule has 7 nitrogen and oxygen atoms in total. The van der Waals surface area contributed by atoms with Crippen LogP contribution in [0.2, 0.25) is 0 Å². The number of carbonyl (C=O) groups excluding carboxylic acids is 4. The van der Waals surface area contributed by atoms with Gasteiger partial charge in [0, 0.05) is 31.4 Å². The molecule has 2 heterocycles. The van der Waals surface area contributed by atoms with Gasteiger partial charge < -0.3 is 10.2 Å². The van der Waals surface area contributed by atoms with Crippen molar-refractivity contribution in [3.05, 3.63) is 59.2 Å². The van der Waals surface area contributed by atoms with Crippen molar-refractivity contribution in [1.29, 1.82) is 0 Å². The van der Waals surface area contributed by atoms with Crippen LogP contribution in [0.25, 0.3) is 0 Å². The van der Waals surface area contributed by atoms with E-state index in [1.807, 2.05) is 6.07 Å². The van der Waals surface area contributed by atoms with E-state index in [1.54, 1.807) is 48.3 Å². The quantitative estimate of drug-likeness (QED) is 0.810. The monoisotopic (exact) mass is 377 g/mol. The Morgan fingerprint density at radius 2 is 1.71 bits per heavy atom. The average molecular weight is 377 g/mol. The highest BCUT2D eigenvalue weighted by Gasteiger charge is 2.34. The molecule has 0 saturated heterocycles. The van der Waals surface area contributed by atoms with E-state index in [0.29, 0.717) is 29.7 Å². The number of imide groups is 1. The Morgan fingerprint density at radius 3 is 2.39 bits per heavy atom. The second-order valence-electron chi connectivity index (χ2n) is 6.93. The molecule has 2 aliphatic rings. The number of nitrogens with one attached hydrogen (secondary N) is 1. The number of hydrogen-bond acceptors (Lipinski definition) is 4. The molecule has 0 atom stereocenters. The summed E-state index contributed by atoms with van der Waals surface area (Å²) in [6.07, 6.45) is 0.891. The number of nitrogens with zero attached hydrogens (tertiary/aromatic N) is 2. The molecule has 0 bridgehead atoms. The van der Waals surface area contributed by atoms with E-state index >= 15 is 0 Å². The van der Waals surface area contributed by atoms with E-state index in [2.05, 4.69) is 5.32 Å². The molecular formula is C21H19N3O4. The van der Waals surface area contributed by atoms with Crippen LogP contribution in [-0.2, 0) is 16.0 Å². The first-order chi connectivity index (χ1) is 13.5. The molecule has 2 aromatic rings. The van der Waals surface area contributed by atoms with Crippen molar-refractivity contribution in [1.82, 2.24) is 4.90 Å². The van der Waals surface area contributed by atoms with Crippen LogP contribution >= 0.6 is 0 Å². The van der Waals surface area contributed by atoms with Crippen molar-refractivity contribution in [2.75, 3.05) is 23.8 Å². The third kappa shape index (κ3) is 3.05. The smallest absolute Gasteiger partial charge is 0.261 e. The molecule has 28 heavy (non-hydrogen) atoms. The van der Waals surface area contributed by atoms with Crippen LogP contribution in [0.4, 0.5) is 11.4 Å². The summed E-state index contributed by atoms with van der Waals surface area (Å²) in [6, 6.07) is 12.1. The Kier molecular flexibility index (Phi) is 4.43. The fourth-order valence-corrected chi connectivity index (χ4v) is 3.61. The summed E-state index contributed by atoms with van der Waals surface area (Å²) >= 11 is 0. The van der Waals surface area contributed by atoms with Crippen LogP contribution < -0.4 is 10.2 Å². The van der Waals surface area contributed by atoms with Gasteiger partial charge in [-0.05, 0) is 42.3 Å². The molecule has 1 N–H and O–H groups in total. The van der Waals surface area contributed by atoms with Crippen molar-refractivity contribution >= 4 is 35.0 Å². The van der Waals surface area contributed by atoms with Crippen molar-refractivity contribution in [3.8, 4) is 0 Å². The molecule has 0 spiro atoms. The van der Waals surface area contributed by atoms with Gasteiger partial charge in [-0.2, -0.15) is 0 Å². The van der Waals surface area contributed by atoms with Crippen molar-refractivity contribution in [2.24, 2.45) is 0 Å². The number of amides is 4. The molecule has 0 saturated carbocycles. The minimum absolute atomic E-state index is 0.0272. The lowest BCUT2D eigenvalue weighted by Crippen LogP contribution is -2.31. The molecule has 4 amide bonds. The lowest BCUT2D eigenvalue weighted by atomic mass is 10.1. The second-order valence-corrected chi connectivity index (χ2v) is 6.93. The molecule has 0 fully saturated rings. The van der Waals surface area contributed by atoms with Gasteiger partial charge in [0.15, 0.2) is 0 Å². The van der Waals surface area contributed by atoms with E-state index in [9.17, 15) is 19.2 Å². The predicted molar refractivity (Wildman–Crippen MR) is 103 cm³/mol. The lowest BCUT2D eigenvalue weighted by Gasteiger charge is -2.14. The normalized spacial score (nSPS) is 15.1. The Bertz CT molecular complexity index is 979. The molecule has 0 unspecified atom stereocenters. The number of rotatable bonds is 5. The average Bonchev–Trinajstić information content (AvgIpc) is 3.10. The van der Waals surface area contributed by atoms with Crippen molar-refractivity contribution < 1.29 is 19.2 Å². The van der Waals surface area contributed by atoms with E-state index in [-0.39, 0.29) is 36.6 Å². The Hall–Kier alpha value is -3.48. The molecule has 0 aromatic heterocycles. The summed E-state index contributed by atoms with van der Waals surface area (Å²) in [5.41, 5.74) is 3.20. The molecule has 4 rings (SSSR count). The largest absolute Gasteiger partial charge is 0.326 e. The topological polar surface area (TPSA) is 86.8 Å². The molecule has 7 heteroatoms. The first kappa shape index (κ1) is 17.9. The Morgan fingerprint density at radius 1 is 1.04 bits per heavy atom. The van der Waals surface area contributed by atoms with Crippen LogP contribution in [0.5, 0.6) is 0 Å². The number of likely N-dealkylation sites (N-methyl/N-ethyl adjacent to an activating group) is 1. The zero-order valence-electron chi connectivity index (χ0n) is 15.4. The summed E-state index contributed by atoms with van der Waals surface area (Å²) in [7, 11) is 1.73. The number of benzene rings is 2. The van der Waals surface area contributed by atoms with E-state index in [1.165, 1.54) is 4.90 Å². The Labute approximate surface area is 161 Å². The highest BCUT2D eigenvalue weighted by Crippen LogP contribution is 2.30. The van der Waals surface area contributed by atoms with Crippen LogP contribution in [0, 0.1) is 0 Å². The Balaban J connectivity index is 1.32. The van der Waals surface area contributed by atoms with E-state index < -0.39 is 0 Å². The minimum atomic E-state index is -0.312. The van der Waals surface area contributed by atoms with Gasteiger partial charge in [-0.25, -0.2) is 0 Å².